The molecule has 0 spiro atoms. The summed E-state index contributed by atoms with van der Waals surface area (Å²) in [5.74, 6) is 1.33. The smallest absolute Gasteiger partial charge is 0.189 e. The molecule has 0 fully saturated rings. The van der Waals surface area contributed by atoms with E-state index in [4.69, 9.17) is 10.5 Å². The maximum Gasteiger partial charge on any atom is 0.189 e. The summed E-state index contributed by atoms with van der Waals surface area (Å²) in [6.07, 6.45) is 0. The van der Waals surface area contributed by atoms with Crippen LogP contribution in [0.5, 0.6) is 5.75 Å². The van der Waals surface area contributed by atoms with Gasteiger partial charge in [0.05, 0.1) is 19.7 Å². The topological polar surface area (TPSA) is 62.9 Å². The largest absolute Gasteiger partial charge is 0.496 e. The standard InChI is InChI=1S/C16H28N4O/c1-16(2,3)19-15(17)18-11-13(20(4)5)12-9-7-8-10-14(12)21-6/h7-10,13H,11H2,1-6H3,(H3,17,18,19). The van der Waals surface area contributed by atoms with E-state index in [2.05, 4.69) is 42.0 Å². The second kappa shape index (κ2) is 7.31. The molecule has 1 unspecified atom stereocenters. The highest BCUT2D eigenvalue weighted by Gasteiger charge is 2.18. The molecule has 0 saturated carbocycles. The number of benzene rings is 1. The van der Waals surface area contributed by atoms with Crippen molar-refractivity contribution in [1.82, 2.24) is 10.2 Å². The average Bonchev–Trinajstić information content (AvgIpc) is 2.37. The number of para-hydroxylation sites is 1. The fourth-order valence-corrected chi connectivity index (χ4v) is 2.09. The van der Waals surface area contributed by atoms with Crippen LogP contribution < -0.4 is 15.8 Å². The van der Waals surface area contributed by atoms with Crippen molar-refractivity contribution in [3.63, 3.8) is 0 Å². The Morgan fingerprint density at radius 3 is 2.48 bits per heavy atom. The highest BCUT2D eigenvalue weighted by molar-refractivity contribution is 5.78. The highest BCUT2D eigenvalue weighted by atomic mass is 16.5. The zero-order chi connectivity index (χ0) is 16.0. The van der Waals surface area contributed by atoms with Crippen LogP contribution in [0.3, 0.4) is 0 Å². The summed E-state index contributed by atoms with van der Waals surface area (Å²) in [6, 6.07) is 8.11. The van der Waals surface area contributed by atoms with Crippen molar-refractivity contribution in [2.75, 3.05) is 27.7 Å². The predicted molar refractivity (Wildman–Crippen MR) is 88.8 cm³/mol. The van der Waals surface area contributed by atoms with Gasteiger partial charge in [0, 0.05) is 11.1 Å². The average molecular weight is 292 g/mol. The molecule has 0 amide bonds. The lowest BCUT2D eigenvalue weighted by Crippen LogP contribution is -2.45. The summed E-state index contributed by atoms with van der Waals surface area (Å²) in [5.41, 5.74) is 6.96. The number of aliphatic imine (C=N–C) groups is 1. The Bertz CT molecular complexity index is 477. The van der Waals surface area contributed by atoms with Crippen molar-refractivity contribution in [1.29, 1.82) is 0 Å². The minimum atomic E-state index is -0.0916. The molecule has 0 aliphatic carbocycles. The molecule has 0 bridgehead atoms. The van der Waals surface area contributed by atoms with Crippen molar-refractivity contribution in [3.05, 3.63) is 29.8 Å². The van der Waals surface area contributed by atoms with Gasteiger partial charge in [-0.15, -0.1) is 0 Å². The first kappa shape index (κ1) is 17.3. The van der Waals surface area contributed by atoms with Gasteiger partial charge in [-0.25, -0.2) is 0 Å². The molecule has 5 heteroatoms. The second-order valence-corrected chi connectivity index (χ2v) is 6.32. The summed E-state index contributed by atoms with van der Waals surface area (Å²) in [7, 11) is 5.74. The van der Waals surface area contributed by atoms with Crippen LogP contribution in [0.2, 0.25) is 0 Å². The third-order valence-electron chi connectivity index (χ3n) is 3.06. The fraction of sp³-hybridized carbons (Fsp3) is 0.562. The van der Waals surface area contributed by atoms with E-state index in [0.717, 1.165) is 11.3 Å². The second-order valence-electron chi connectivity index (χ2n) is 6.32. The molecule has 5 nitrogen and oxygen atoms in total. The number of rotatable bonds is 5. The number of nitrogens with two attached hydrogens (primary N) is 1. The summed E-state index contributed by atoms with van der Waals surface area (Å²) in [5, 5.41) is 3.17. The van der Waals surface area contributed by atoms with Crippen LogP contribution in [0.4, 0.5) is 0 Å². The third-order valence-corrected chi connectivity index (χ3v) is 3.06. The lowest BCUT2D eigenvalue weighted by Gasteiger charge is -2.26. The van der Waals surface area contributed by atoms with Gasteiger partial charge in [-0.3, -0.25) is 4.99 Å². The summed E-state index contributed by atoms with van der Waals surface area (Å²) < 4.78 is 5.44. The molecule has 1 rings (SSSR count). The van der Waals surface area contributed by atoms with Crippen LogP contribution >= 0.6 is 0 Å². The SMILES string of the molecule is COc1ccccc1C(CN=C(N)NC(C)(C)C)N(C)C. The lowest BCUT2D eigenvalue weighted by atomic mass is 10.0. The van der Waals surface area contributed by atoms with Gasteiger partial charge in [0.15, 0.2) is 5.96 Å². The lowest BCUT2D eigenvalue weighted by molar-refractivity contribution is 0.295. The number of methoxy groups -OCH3 is 1. The Balaban J connectivity index is 2.91. The predicted octanol–water partition coefficient (Wildman–Crippen LogP) is 2.00. The number of ether oxygens (including phenoxy) is 1. The van der Waals surface area contributed by atoms with Gasteiger partial charge in [-0.1, -0.05) is 18.2 Å². The van der Waals surface area contributed by atoms with E-state index in [9.17, 15) is 0 Å². The van der Waals surface area contributed by atoms with E-state index in [1.54, 1.807) is 7.11 Å². The monoisotopic (exact) mass is 292 g/mol. The van der Waals surface area contributed by atoms with Gasteiger partial charge in [0.25, 0.3) is 0 Å². The molecule has 0 aromatic heterocycles. The quantitative estimate of drug-likeness (QED) is 0.643. The molecule has 1 atom stereocenters. The van der Waals surface area contributed by atoms with Gasteiger partial charge in [-0.2, -0.15) is 0 Å². The van der Waals surface area contributed by atoms with Crippen LogP contribution in [0.15, 0.2) is 29.3 Å². The molecule has 1 aromatic carbocycles. The van der Waals surface area contributed by atoms with Gasteiger partial charge in [-0.05, 0) is 40.9 Å². The summed E-state index contributed by atoms with van der Waals surface area (Å²) >= 11 is 0. The highest BCUT2D eigenvalue weighted by Crippen LogP contribution is 2.28. The van der Waals surface area contributed by atoms with Crippen molar-refractivity contribution in [2.24, 2.45) is 10.7 Å². The molecular formula is C16H28N4O. The number of hydrogen-bond acceptors (Lipinski definition) is 3. The normalized spacial score (nSPS) is 14.1. The van der Waals surface area contributed by atoms with E-state index >= 15 is 0 Å². The molecule has 118 valence electrons. The first-order valence-corrected chi connectivity index (χ1v) is 7.12. The van der Waals surface area contributed by atoms with Crippen LogP contribution in [0.25, 0.3) is 0 Å². The maximum atomic E-state index is 5.95. The first-order valence-electron chi connectivity index (χ1n) is 7.12. The van der Waals surface area contributed by atoms with Crippen molar-refractivity contribution in [3.8, 4) is 5.75 Å². The van der Waals surface area contributed by atoms with Crippen molar-refractivity contribution < 1.29 is 4.74 Å². The summed E-state index contributed by atoms with van der Waals surface area (Å²) in [6.45, 7) is 6.74. The molecule has 0 aliphatic rings. The number of nitrogens with zero attached hydrogens (tertiary/aromatic N) is 2. The number of hydrogen-bond donors (Lipinski definition) is 2. The molecular weight excluding hydrogens is 264 g/mol. The van der Waals surface area contributed by atoms with E-state index in [-0.39, 0.29) is 11.6 Å². The van der Waals surface area contributed by atoms with Crippen LogP contribution in [0.1, 0.15) is 32.4 Å². The Labute approximate surface area is 128 Å². The Kier molecular flexibility index (Phi) is 6.03. The van der Waals surface area contributed by atoms with Crippen LogP contribution in [0, 0.1) is 0 Å². The van der Waals surface area contributed by atoms with E-state index < -0.39 is 0 Å². The maximum absolute atomic E-state index is 5.95. The van der Waals surface area contributed by atoms with E-state index in [1.807, 2.05) is 32.3 Å². The van der Waals surface area contributed by atoms with Gasteiger partial charge < -0.3 is 20.7 Å². The third kappa shape index (κ3) is 5.63. The Morgan fingerprint density at radius 2 is 1.95 bits per heavy atom. The molecule has 1 aromatic rings. The Hall–Kier alpha value is -1.75. The van der Waals surface area contributed by atoms with E-state index in [0.29, 0.717) is 12.5 Å². The molecule has 3 N–H and O–H groups in total. The number of nitrogens with one attached hydrogen (secondary N) is 1. The molecule has 0 aliphatic heterocycles. The van der Waals surface area contributed by atoms with Crippen molar-refractivity contribution in [2.45, 2.75) is 32.4 Å². The molecule has 0 radical (unpaired) electrons. The van der Waals surface area contributed by atoms with Crippen LogP contribution in [-0.4, -0.2) is 44.1 Å². The minimum Gasteiger partial charge on any atom is -0.496 e. The summed E-state index contributed by atoms with van der Waals surface area (Å²) in [4.78, 5) is 6.59. The zero-order valence-electron chi connectivity index (χ0n) is 14.0. The fourth-order valence-electron chi connectivity index (χ4n) is 2.09. The van der Waals surface area contributed by atoms with Gasteiger partial charge in [0.2, 0.25) is 0 Å². The first-order chi connectivity index (χ1) is 9.74. The zero-order valence-corrected chi connectivity index (χ0v) is 14.0. The number of likely N-dealkylation sites (N-methyl/N-ethyl adjacent to an activating group) is 1. The van der Waals surface area contributed by atoms with Crippen LogP contribution in [-0.2, 0) is 0 Å². The minimum absolute atomic E-state index is 0.0916. The Morgan fingerprint density at radius 1 is 1.33 bits per heavy atom. The van der Waals surface area contributed by atoms with Crippen molar-refractivity contribution >= 4 is 5.96 Å². The van der Waals surface area contributed by atoms with Gasteiger partial charge >= 0.3 is 0 Å². The molecule has 0 heterocycles. The van der Waals surface area contributed by atoms with E-state index in [1.165, 1.54) is 0 Å². The molecule has 21 heavy (non-hydrogen) atoms. The number of guanidine groups is 1. The van der Waals surface area contributed by atoms with Gasteiger partial charge in [0.1, 0.15) is 5.75 Å². The molecule has 0 saturated heterocycles.